The van der Waals surface area contributed by atoms with E-state index in [4.69, 9.17) is 10.8 Å². The van der Waals surface area contributed by atoms with Crippen LogP contribution in [0.4, 0.5) is 0 Å². The zero-order valence-corrected chi connectivity index (χ0v) is 6.29. The third kappa shape index (κ3) is 4.45. The van der Waals surface area contributed by atoms with E-state index in [1.54, 1.807) is 0 Å². The molecule has 0 saturated carbocycles. The van der Waals surface area contributed by atoms with Crippen molar-refractivity contribution in [3.63, 3.8) is 0 Å². The zero-order chi connectivity index (χ0) is 8.15. The predicted octanol–water partition coefficient (Wildman–Crippen LogP) is -1.36. The fraction of sp³-hybridized carbons (Fsp3) is 0.667. The van der Waals surface area contributed by atoms with Crippen molar-refractivity contribution in [2.24, 2.45) is 5.73 Å². The monoisotopic (exact) mass is 187 g/mol. The van der Waals surface area contributed by atoms with Crippen LogP contribution in [-0.2, 0) is 31.2 Å². The normalized spacial score (nSPS) is 12.5. The van der Waals surface area contributed by atoms with Crippen LogP contribution < -0.4 is 5.73 Å². The Labute approximate surface area is 61.3 Å². The molecular formula is C3H6NO5V. The Morgan fingerprint density at radius 3 is 2.50 bits per heavy atom. The van der Waals surface area contributed by atoms with Crippen LogP contribution in [0.15, 0.2) is 0 Å². The van der Waals surface area contributed by atoms with Crippen LogP contribution in [0.5, 0.6) is 0 Å². The number of aliphatic carboxylic acids is 1. The van der Waals surface area contributed by atoms with Gasteiger partial charge in [0.25, 0.3) is 0 Å². The van der Waals surface area contributed by atoms with E-state index >= 15 is 0 Å². The Morgan fingerprint density at radius 1 is 1.70 bits per heavy atom. The Balaban J connectivity index is 3.59. The summed E-state index contributed by atoms with van der Waals surface area (Å²) in [4.78, 5) is 9.92. The van der Waals surface area contributed by atoms with Crippen LogP contribution in [0, 0.1) is 0 Å². The van der Waals surface area contributed by atoms with Crippen molar-refractivity contribution in [3.05, 3.63) is 0 Å². The molecular weight excluding hydrogens is 181 g/mol. The molecule has 1 atom stereocenters. The van der Waals surface area contributed by atoms with Gasteiger partial charge in [0.1, 0.15) is 0 Å². The average Bonchev–Trinajstić information content (AvgIpc) is 1.82. The molecule has 0 spiro atoms. The number of hydrogen-bond acceptors (Lipinski definition) is 5. The number of carboxylic acids is 1. The maximum absolute atomic E-state index is 9.92. The van der Waals surface area contributed by atoms with Crippen molar-refractivity contribution in [3.8, 4) is 0 Å². The standard InChI is InChI=1S/C3H6NO3.2O.V/c4-2(1-5)3(6)7;;;/h2H,1,4H2,(H,6,7);;;/q-1;;;+1/t2-;;;/m0.../s1. The molecule has 0 aliphatic carbocycles. The third-order valence-corrected chi connectivity index (χ3v) is 1.24. The second-order valence-corrected chi connectivity index (χ2v) is 2.57. The molecule has 0 heterocycles. The van der Waals surface area contributed by atoms with Crippen LogP contribution in [0.3, 0.4) is 0 Å². The van der Waals surface area contributed by atoms with Crippen molar-refractivity contribution in [1.29, 1.82) is 0 Å². The van der Waals surface area contributed by atoms with Crippen molar-refractivity contribution in [2.45, 2.75) is 6.04 Å². The van der Waals surface area contributed by atoms with E-state index in [1.165, 1.54) is 0 Å². The molecule has 0 aromatic carbocycles. The molecule has 10 heavy (non-hydrogen) atoms. The molecule has 0 radical (unpaired) electrons. The molecule has 0 amide bonds. The van der Waals surface area contributed by atoms with Crippen molar-refractivity contribution in [1.82, 2.24) is 0 Å². The molecule has 0 aliphatic rings. The van der Waals surface area contributed by atoms with E-state index in [-0.39, 0.29) is 0 Å². The fourth-order valence-electron chi connectivity index (χ4n) is 0.212. The number of rotatable bonds is 4. The van der Waals surface area contributed by atoms with Crippen molar-refractivity contribution in [2.75, 3.05) is 6.61 Å². The van der Waals surface area contributed by atoms with E-state index in [9.17, 15) is 12.1 Å². The first-order valence-corrected chi connectivity index (χ1v) is 4.00. The molecule has 0 rings (SSSR count). The van der Waals surface area contributed by atoms with E-state index in [0.717, 1.165) is 0 Å². The summed E-state index contributed by atoms with van der Waals surface area (Å²) in [6, 6.07) is -1.26. The van der Waals surface area contributed by atoms with Crippen molar-refractivity contribution >= 4 is 5.97 Å². The molecule has 0 fully saturated rings. The van der Waals surface area contributed by atoms with Gasteiger partial charge in [-0.05, 0) is 0 Å². The number of carboxylic acid groups (broad SMARTS) is 1. The Hall–Kier alpha value is -0.426. The summed E-state index contributed by atoms with van der Waals surface area (Å²) in [6.45, 7) is -0.484. The minimum absolute atomic E-state index is 0.484. The molecule has 6 nitrogen and oxygen atoms in total. The summed E-state index contributed by atoms with van der Waals surface area (Å²) < 4.78 is 23.5. The van der Waals surface area contributed by atoms with Gasteiger partial charge in [0.15, 0.2) is 0 Å². The zero-order valence-electron chi connectivity index (χ0n) is 4.89. The van der Waals surface area contributed by atoms with Crippen LogP contribution in [0.1, 0.15) is 0 Å². The first kappa shape index (κ1) is 9.57. The molecule has 3 N–H and O–H groups in total. The second kappa shape index (κ2) is 4.40. The van der Waals surface area contributed by atoms with Gasteiger partial charge in [0.05, 0.1) is 0 Å². The Kier molecular flexibility index (Phi) is 4.21. The van der Waals surface area contributed by atoms with Crippen molar-refractivity contribution < 1.29 is 36.3 Å². The summed E-state index contributed by atoms with van der Waals surface area (Å²) in [5, 5.41) is 8.10. The number of hydrogen-bond donors (Lipinski definition) is 2. The molecule has 0 saturated heterocycles. The van der Waals surface area contributed by atoms with Gasteiger partial charge >= 0.3 is 60.7 Å². The van der Waals surface area contributed by atoms with Gasteiger partial charge in [-0.1, -0.05) is 0 Å². The van der Waals surface area contributed by atoms with Gasteiger partial charge in [-0.25, -0.2) is 0 Å². The Morgan fingerprint density at radius 2 is 2.20 bits per heavy atom. The maximum atomic E-state index is 9.92. The van der Waals surface area contributed by atoms with Crippen LogP contribution in [0.25, 0.3) is 0 Å². The van der Waals surface area contributed by atoms with E-state index < -0.39 is 34.0 Å². The molecule has 0 aromatic heterocycles. The van der Waals surface area contributed by atoms with Crippen LogP contribution >= 0.6 is 0 Å². The minimum atomic E-state index is -3.67. The summed E-state index contributed by atoms with van der Waals surface area (Å²) in [6.07, 6.45) is 0. The van der Waals surface area contributed by atoms with Gasteiger partial charge in [-0.15, -0.1) is 0 Å². The van der Waals surface area contributed by atoms with E-state index in [1.807, 2.05) is 0 Å². The molecule has 7 heteroatoms. The average molecular weight is 187 g/mol. The SMILES string of the molecule is N[C@@H](C[O][V](=[O])=[O])C(=O)O. The second-order valence-electron chi connectivity index (χ2n) is 1.46. The van der Waals surface area contributed by atoms with E-state index in [2.05, 4.69) is 3.66 Å². The first-order chi connectivity index (χ1) is 4.54. The molecule has 0 aromatic rings. The van der Waals surface area contributed by atoms with Gasteiger partial charge < -0.3 is 0 Å². The summed E-state index contributed by atoms with van der Waals surface area (Å²) in [5.41, 5.74) is 4.89. The summed E-state index contributed by atoms with van der Waals surface area (Å²) >= 11 is -3.67. The van der Waals surface area contributed by atoms with Crippen LogP contribution in [0.2, 0.25) is 0 Å². The van der Waals surface area contributed by atoms with Crippen LogP contribution in [-0.4, -0.2) is 23.7 Å². The van der Waals surface area contributed by atoms with Gasteiger partial charge in [0.2, 0.25) is 0 Å². The topological polar surface area (TPSA) is 107 Å². The molecule has 0 aliphatic heterocycles. The molecule has 0 bridgehead atoms. The number of carbonyl (C=O) groups is 1. The first-order valence-electron chi connectivity index (χ1n) is 2.29. The number of nitrogens with two attached hydrogens (primary N) is 1. The van der Waals surface area contributed by atoms with E-state index in [0.29, 0.717) is 0 Å². The van der Waals surface area contributed by atoms with Gasteiger partial charge in [-0.2, -0.15) is 0 Å². The predicted molar refractivity (Wildman–Crippen MR) is 22.9 cm³/mol. The molecule has 58 valence electrons. The Bertz CT molecular complexity index is 179. The molecule has 0 unspecified atom stereocenters. The summed E-state index contributed by atoms with van der Waals surface area (Å²) in [5.74, 6) is -1.28. The summed E-state index contributed by atoms with van der Waals surface area (Å²) in [7, 11) is 0. The third-order valence-electron chi connectivity index (χ3n) is 0.677. The fourth-order valence-corrected chi connectivity index (χ4v) is 0.653. The van der Waals surface area contributed by atoms with Gasteiger partial charge in [-0.3, -0.25) is 0 Å². The van der Waals surface area contributed by atoms with Gasteiger partial charge in [0, 0.05) is 0 Å². The quantitative estimate of drug-likeness (QED) is 0.562.